The van der Waals surface area contributed by atoms with Crippen molar-refractivity contribution in [2.24, 2.45) is 0 Å². The van der Waals surface area contributed by atoms with Gasteiger partial charge in [-0.25, -0.2) is 0 Å². The number of aliphatic hydroxyl groups excluding tert-OH is 1. The molecular weight excluding hydrogens is 252 g/mol. The number of hydrogen-bond donors (Lipinski definition) is 2. The van der Waals surface area contributed by atoms with E-state index in [4.69, 9.17) is 0 Å². The molecule has 4 heteroatoms. The first-order valence-electron chi connectivity index (χ1n) is 7.17. The molecule has 1 aliphatic rings. The van der Waals surface area contributed by atoms with E-state index in [1.54, 1.807) is 0 Å². The normalized spacial score (nSPS) is 18.4. The highest BCUT2D eigenvalue weighted by molar-refractivity contribution is 5.87. The predicted molar refractivity (Wildman–Crippen MR) is 79.4 cm³/mol. The van der Waals surface area contributed by atoms with Crippen LogP contribution in [0.2, 0.25) is 0 Å². The number of hydrogen-bond acceptors (Lipinski definition) is 3. The lowest BCUT2D eigenvalue weighted by Gasteiger charge is -2.45. The van der Waals surface area contributed by atoms with Crippen molar-refractivity contribution < 1.29 is 9.90 Å². The van der Waals surface area contributed by atoms with Gasteiger partial charge in [-0.1, -0.05) is 24.3 Å². The first kappa shape index (κ1) is 15.0. The average Bonchev–Trinajstić information content (AvgIpc) is 2.34. The van der Waals surface area contributed by atoms with E-state index in [-0.39, 0.29) is 18.0 Å². The molecule has 1 atom stereocenters. The molecule has 1 amide bonds. The predicted octanol–water partition coefficient (Wildman–Crippen LogP) is 1.63. The number of aliphatic hydroxyl groups is 1. The van der Waals surface area contributed by atoms with Crippen molar-refractivity contribution in [3.05, 3.63) is 35.4 Å². The van der Waals surface area contributed by atoms with E-state index < -0.39 is 6.10 Å². The van der Waals surface area contributed by atoms with E-state index >= 15 is 0 Å². The topological polar surface area (TPSA) is 52.6 Å². The Balaban J connectivity index is 1.95. The van der Waals surface area contributed by atoms with E-state index in [9.17, 15) is 9.90 Å². The second-order valence-electron chi connectivity index (χ2n) is 5.86. The first-order chi connectivity index (χ1) is 9.47. The molecule has 0 bridgehead atoms. The van der Waals surface area contributed by atoms with Gasteiger partial charge in [-0.2, -0.15) is 0 Å². The monoisotopic (exact) mass is 276 g/mol. The quantitative estimate of drug-likeness (QED) is 0.859. The molecule has 0 spiro atoms. The highest BCUT2D eigenvalue weighted by Gasteiger charge is 2.45. The Bertz CT molecular complexity index is 481. The van der Waals surface area contributed by atoms with Crippen molar-refractivity contribution in [2.45, 2.75) is 37.8 Å². The van der Waals surface area contributed by atoms with E-state index in [2.05, 4.69) is 5.32 Å². The number of amides is 1. The number of nitrogens with one attached hydrogen (secondary N) is 1. The molecule has 0 radical (unpaired) electrons. The van der Waals surface area contributed by atoms with Gasteiger partial charge in [0.2, 0.25) is 5.91 Å². The molecule has 0 saturated heterocycles. The molecule has 1 fully saturated rings. The molecule has 0 aliphatic heterocycles. The van der Waals surface area contributed by atoms with Crippen LogP contribution in [-0.4, -0.2) is 42.1 Å². The van der Waals surface area contributed by atoms with Gasteiger partial charge in [0.15, 0.2) is 0 Å². The Morgan fingerprint density at radius 1 is 1.40 bits per heavy atom. The fourth-order valence-electron chi connectivity index (χ4n) is 2.81. The Morgan fingerprint density at radius 2 is 2.05 bits per heavy atom. The number of rotatable bonds is 5. The summed E-state index contributed by atoms with van der Waals surface area (Å²) in [5.74, 6) is 0.0291. The standard InChI is InChI=1S/C16H24N2O2/c1-12-7-4-5-8-13(12)14(19)11-17-15(20)16(18(2)3)9-6-10-16/h4-5,7-8,14,19H,6,9-11H2,1-3H3,(H,17,20). The fraction of sp³-hybridized carbons (Fsp3) is 0.562. The van der Waals surface area contributed by atoms with E-state index in [0.29, 0.717) is 0 Å². The highest BCUT2D eigenvalue weighted by atomic mass is 16.3. The number of benzene rings is 1. The minimum absolute atomic E-state index is 0.0291. The van der Waals surface area contributed by atoms with Crippen molar-refractivity contribution in [1.82, 2.24) is 10.2 Å². The summed E-state index contributed by atoms with van der Waals surface area (Å²) in [5.41, 5.74) is 1.55. The zero-order valence-electron chi connectivity index (χ0n) is 12.5. The van der Waals surface area contributed by atoms with Gasteiger partial charge < -0.3 is 10.4 Å². The summed E-state index contributed by atoms with van der Waals surface area (Å²) < 4.78 is 0. The smallest absolute Gasteiger partial charge is 0.240 e. The summed E-state index contributed by atoms with van der Waals surface area (Å²) in [6, 6.07) is 7.71. The number of nitrogens with zero attached hydrogens (tertiary/aromatic N) is 1. The second kappa shape index (κ2) is 5.94. The van der Waals surface area contributed by atoms with E-state index in [1.807, 2.05) is 50.2 Å². The van der Waals surface area contributed by atoms with Crippen LogP contribution in [0.4, 0.5) is 0 Å². The average molecular weight is 276 g/mol. The van der Waals surface area contributed by atoms with Gasteiger partial charge in [-0.3, -0.25) is 9.69 Å². The molecule has 1 aromatic carbocycles. The highest BCUT2D eigenvalue weighted by Crippen LogP contribution is 2.36. The Kier molecular flexibility index (Phi) is 4.45. The molecule has 4 nitrogen and oxygen atoms in total. The molecule has 1 aromatic rings. The number of likely N-dealkylation sites (N-methyl/N-ethyl adjacent to an activating group) is 1. The molecule has 2 N–H and O–H groups in total. The molecule has 110 valence electrons. The lowest BCUT2D eigenvalue weighted by atomic mass is 9.75. The Hall–Kier alpha value is -1.39. The molecule has 1 saturated carbocycles. The molecule has 1 unspecified atom stereocenters. The first-order valence-corrected chi connectivity index (χ1v) is 7.17. The van der Waals surface area contributed by atoms with Crippen LogP contribution >= 0.6 is 0 Å². The minimum Gasteiger partial charge on any atom is -0.387 e. The third-order valence-corrected chi connectivity index (χ3v) is 4.46. The van der Waals surface area contributed by atoms with Gasteiger partial charge in [0.1, 0.15) is 0 Å². The summed E-state index contributed by atoms with van der Waals surface area (Å²) in [6.07, 6.45) is 2.23. The van der Waals surface area contributed by atoms with Crippen LogP contribution in [0.5, 0.6) is 0 Å². The van der Waals surface area contributed by atoms with Crippen LogP contribution in [0.25, 0.3) is 0 Å². The third-order valence-electron chi connectivity index (χ3n) is 4.46. The molecular formula is C16H24N2O2. The minimum atomic E-state index is -0.653. The maximum absolute atomic E-state index is 12.3. The van der Waals surface area contributed by atoms with Crippen LogP contribution in [0, 0.1) is 6.92 Å². The lowest BCUT2D eigenvalue weighted by Crippen LogP contribution is -2.60. The van der Waals surface area contributed by atoms with E-state index in [0.717, 1.165) is 30.4 Å². The van der Waals surface area contributed by atoms with Gasteiger partial charge in [0, 0.05) is 6.54 Å². The van der Waals surface area contributed by atoms with Crippen LogP contribution in [-0.2, 0) is 4.79 Å². The number of carbonyl (C=O) groups is 1. The maximum Gasteiger partial charge on any atom is 0.240 e. The number of aryl methyl sites for hydroxylation is 1. The van der Waals surface area contributed by atoms with Crippen molar-refractivity contribution in [3.63, 3.8) is 0 Å². The van der Waals surface area contributed by atoms with Crippen LogP contribution in [0.15, 0.2) is 24.3 Å². The van der Waals surface area contributed by atoms with Gasteiger partial charge in [-0.05, 0) is 51.4 Å². The summed E-state index contributed by atoms with van der Waals surface area (Å²) in [5, 5.41) is 13.1. The molecule has 0 aromatic heterocycles. The molecule has 1 aliphatic carbocycles. The second-order valence-corrected chi connectivity index (χ2v) is 5.86. The van der Waals surface area contributed by atoms with Crippen LogP contribution in [0.3, 0.4) is 0 Å². The fourth-order valence-corrected chi connectivity index (χ4v) is 2.81. The van der Waals surface area contributed by atoms with Crippen LogP contribution < -0.4 is 5.32 Å². The van der Waals surface area contributed by atoms with E-state index in [1.165, 1.54) is 0 Å². The Labute approximate surface area is 120 Å². The van der Waals surface area contributed by atoms with Gasteiger partial charge in [-0.15, -0.1) is 0 Å². The zero-order chi connectivity index (χ0) is 14.8. The molecule has 2 rings (SSSR count). The number of carbonyl (C=O) groups excluding carboxylic acids is 1. The van der Waals surface area contributed by atoms with Crippen LogP contribution in [0.1, 0.15) is 36.5 Å². The molecule has 0 heterocycles. The van der Waals surface area contributed by atoms with Crippen molar-refractivity contribution in [3.8, 4) is 0 Å². The largest absolute Gasteiger partial charge is 0.387 e. The van der Waals surface area contributed by atoms with Crippen molar-refractivity contribution >= 4 is 5.91 Å². The summed E-state index contributed by atoms with van der Waals surface area (Å²) in [6.45, 7) is 2.23. The van der Waals surface area contributed by atoms with Gasteiger partial charge in [0.05, 0.1) is 11.6 Å². The Morgan fingerprint density at radius 3 is 2.55 bits per heavy atom. The molecule has 20 heavy (non-hydrogen) atoms. The maximum atomic E-state index is 12.3. The summed E-state index contributed by atoms with van der Waals surface area (Å²) in [7, 11) is 3.88. The SMILES string of the molecule is Cc1ccccc1C(O)CNC(=O)C1(N(C)C)CCC1. The van der Waals surface area contributed by atoms with Crippen molar-refractivity contribution in [2.75, 3.05) is 20.6 Å². The van der Waals surface area contributed by atoms with Gasteiger partial charge >= 0.3 is 0 Å². The summed E-state index contributed by atoms with van der Waals surface area (Å²) >= 11 is 0. The lowest BCUT2D eigenvalue weighted by molar-refractivity contribution is -0.137. The summed E-state index contributed by atoms with van der Waals surface area (Å²) in [4.78, 5) is 14.3. The third kappa shape index (κ3) is 2.72. The van der Waals surface area contributed by atoms with Crippen molar-refractivity contribution in [1.29, 1.82) is 0 Å². The van der Waals surface area contributed by atoms with Gasteiger partial charge in [0.25, 0.3) is 0 Å². The zero-order valence-corrected chi connectivity index (χ0v) is 12.5.